The van der Waals surface area contributed by atoms with Gasteiger partial charge in [-0.05, 0) is 26.8 Å². The fourth-order valence-corrected chi connectivity index (χ4v) is 1.16. The van der Waals surface area contributed by atoms with Gasteiger partial charge < -0.3 is 9.47 Å². The van der Waals surface area contributed by atoms with E-state index in [1.165, 1.54) is 6.20 Å². The SMILES string of the molecule is CCOC(=N)C(C)(C)Oc1ccc(Cl)cn1.Cl. The standard InChI is InChI=1S/C11H15ClN2O2.ClH/c1-4-15-10(13)11(2,3)16-9-6-5-8(12)7-14-9;/h5-7,13H,4H2,1-3H3;1H. The van der Waals surface area contributed by atoms with Crippen LogP contribution >= 0.6 is 24.0 Å². The molecule has 0 fully saturated rings. The Hall–Kier alpha value is -1.000. The summed E-state index contributed by atoms with van der Waals surface area (Å²) in [5, 5.41) is 8.23. The Kier molecular flexibility index (Phi) is 6.27. The average molecular weight is 279 g/mol. The quantitative estimate of drug-likeness (QED) is 0.679. The zero-order chi connectivity index (χ0) is 12.2. The van der Waals surface area contributed by atoms with E-state index >= 15 is 0 Å². The van der Waals surface area contributed by atoms with Gasteiger partial charge >= 0.3 is 0 Å². The third kappa shape index (κ3) is 4.79. The molecule has 0 aromatic carbocycles. The first kappa shape index (κ1) is 16.0. The molecular weight excluding hydrogens is 263 g/mol. The number of hydrogen-bond donors (Lipinski definition) is 1. The molecule has 6 heteroatoms. The van der Waals surface area contributed by atoms with Gasteiger partial charge in [0.2, 0.25) is 11.8 Å². The zero-order valence-corrected chi connectivity index (χ0v) is 11.6. The number of pyridine rings is 1. The van der Waals surface area contributed by atoms with E-state index in [0.717, 1.165) is 0 Å². The minimum atomic E-state index is -0.836. The summed E-state index contributed by atoms with van der Waals surface area (Å²) in [5.74, 6) is 0.491. The maximum atomic E-state index is 7.68. The molecule has 4 nitrogen and oxygen atoms in total. The molecule has 0 spiro atoms. The van der Waals surface area contributed by atoms with Gasteiger partial charge in [-0.2, -0.15) is 0 Å². The molecule has 1 heterocycles. The van der Waals surface area contributed by atoms with Crippen LogP contribution in [0.25, 0.3) is 0 Å². The third-order valence-electron chi connectivity index (χ3n) is 1.90. The van der Waals surface area contributed by atoms with Crippen molar-refractivity contribution in [3.8, 4) is 5.88 Å². The van der Waals surface area contributed by atoms with E-state index in [1.807, 2.05) is 6.92 Å². The third-order valence-corrected chi connectivity index (χ3v) is 2.12. The number of ether oxygens (including phenoxy) is 2. The zero-order valence-electron chi connectivity index (χ0n) is 9.99. The second kappa shape index (κ2) is 6.67. The van der Waals surface area contributed by atoms with Gasteiger partial charge in [0, 0.05) is 12.3 Å². The minimum Gasteiger partial charge on any atom is -0.479 e. The van der Waals surface area contributed by atoms with Gasteiger partial charge in [-0.15, -0.1) is 12.4 Å². The van der Waals surface area contributed by atoms with Crippen LogP contribution < -0.4 is 4.74 Å². The number of nitrogens with one attached hydrogen (secondary N) is 1. The molecule has 1 aromatic rings. The monoisotopic (exact) mass is 278 g/mol. The number of halogens is 2. The molecule has 0 aliphatic heterocycles. The van der Waals surface area contributed by atoms with Gasteiger partial charge in [0.25, 0.3) is 0 Å². The van der Waals surface area contributed by atoms with E-state index in [4.69, 9.17) is 26.5 Å². The highest BCUT2D eigenvalue weighted by Gasteiger charge is 2.28. The van der Waals surface area contributed by atoms with Crippen LogP contribution in [0.1, 0.15) is 20.8 Å². The summed E-state index contributed by atoms with van der Waals surface area (Å²) >= 11 is 5.71. The molecule has 1 aromatic heterocycles. The lowest BCUT2D eigenvalue weighted by atomic mass is 10.1. The number of hydrogen-bond acceptors (Lipinski definition) is 4. The van der Waals surface area contributed by atoms with Crippen LogP contribution in [0.2, 0.25) is 5.02 Å². The summed E-state index contributed by atoms with van der Waals surface area (Å²) < 4.78 is 10.7. The van der Waals surface area contributed by atoms with Gasteiger partial charge in [0.05, 0.1) is 11.6 Å². The molecule has 0 aliphatic carbocycles. The van der Waals surface area contributed by atoms with Crippen molar-refractivity contribution >= 4 is 29.9 Å². The van der Waals surface area contributed by atoms with E-state index in [2.05, 4.69) is 4.98 Å². The molecule has 96 valence electrons. The van der Waals surface area contributed by atoms with Crippen LogP contribution in [0.5, 0.6) is 5.88 Å². The van der Waals surface area contributed by atoms with Gasteiger partial charge in [0.15, 0.2) is 5.60 Å². The number of aromatic nitrogens is 1. The number of nitrogens with zero attached hydrogens (tertiary/aromatic N) is 1. The molecule has 0 radical (unpaired) electrons. The van der Waals surface area contributed by atoms with E-state index in [9.17, 15) is 0 Å². The Morgan fingerprint density at radius 1 is 1.47 bits per heavy atom. The predicted octanol–water partition coefficient (Wildman–Crippen LogP) is 3.33. The fourth-order valence-electron chi connectivity index (χ4n) is 1.05. The summed E-state index contributed by atoms with van der Waals surface area (Å²) in [4.78, 5) is 4.00. The normalized spacial score (nSPS) is 10.4. The lowest BCUT2D eigenvalue weighted by Gasteiger charge is -2.25. The van der Waals surface area contributed by atoms with E-state index in [0.29, 0.717) is 17.5 Å². The first-order chi connectivity index (χ1) is 7.45. The predicted molar refractivity (Wildman–Crippen MR) is 70.6 cm³/mol. The summed E-state index contributed by atoms with van der Waals surface area (Å²) in [6.07, 6.45) is 1.50. The molecule has 1 rings (SSSR count). The van der Waals surface area contributed by atoms with Crippen molar-refractivity contribution in [1.82, 2.24) is 4.98 Å². The maximum absolute atomic E-state index is 7.68. The smallest absolute Gasteiger partial charge is 0.225 e. The van der Waals surface area contributed by atoms with Crippen molar-refractivity contribution in [2.45, 2.75) is 26.4 Å². The van der Waals surface area contributed by atoms with Gasteiger partial charge in [-0.25, -0.2) is 4.98 Å². The van der Waals surface area contributed by atoms with Crippen molar-refractivity contribution in [2.24, 2.45) is 0 Å². The Balaban J connectivity index is 0.00000256. The van der Waals surface area contributed by atoms with E-state index in [-0.39, 0.29) is 18.3 Å². The minimum absolute atomic E-state index is 0. The fraction of sp³-hybridized carbons (Fsp3) is 0.455. The van der Waals surface area contributed by atoms with Gasteiger partial charge in [-0.1, -0.05) is 11.6 Å². The highest BCUT2D eigenvalue weighted by Crippen LogP contribution is 2.18. The summed E-state index contributed by atoms with van der Waals surface area (Å²) in [5.41, 5.74) is -0.836. The molecule has 0 aliphatic rings. The first-order valence-corrected chi connectivity index (χ1v) is 5.36. The molecule has 0 saturated carbocycles. The van der Waals surface area contributed by atoms with Crippen LogP contribution in [0.15, 0.2) is 18.3 Å². The Morgan fingerprint density at radius 3 is 2.59 bits per heavy atom. The first-order valence-electron chi connectivity index (χ1n) is 4.98. The average Bonchev–Trinajstić information content (AvgIpc) is 2.21. The van der Waals surface area contributed by atoms with Crippen LogP contribution in [0, 0.1) is 5.41 Å². The summed E-state index contributed by atoms with van der Waals surface area (Å²) in [6.45, 7) is 5.77. The number of rotatable bonds is 4. The second-order valence-electron chi connectivity index (χ2n) is 3.69. The Bertz CT molecular complexity index is 366. The molecule has 0 atom stereocenters. The van der Waals surface area contributed by atoms with Gasteiger partial charge in [-0.3, -0.25) is 5.41 Å². The van der Waals surface area contributed by atoms with Crippen LogP contribution in [0.4, 0.5) is 0 Å². The molecular formula is C11H16Cl2N2O2. The molecule has 1 N–H and O–H groups in total. The molecule has 17 heavy (non-hydrogen) atoms. The molecule has 0 unspecified atom stereocenters. The second-order valence-corrected chi connectivity index (χ2v) is 4.13. The topological polar surface area (TPSA) is 55.2 Å². The molecule has 0 saturated heterocycles. The molecule has 0 bridgehead atoms. The largest absolute Gasteiger partial charge is 0.479 e. The van der Waals surface area contributed by atoms with Crippen LogP contribution in [-0.2, 0) is 4.74 Å². The summed E-state index contributed by atoms with van der Waals surface area (Å²) in [7, 11) is 0. The van der Waals surface area contributed by atoms with Crippen molar-refractivity contribution < 1.29 is 9.47 Å². The van der Waals surface area contributed by atoms with Crippen molar-refractivity contribution in [1.29, 1.82) is 5.41 Å². The van der Waals surface area contributed by atoms with Crippen molar-refractivity contribution in [2.75, 3.05) is 6.61 Å². The van der Waals surface area contributed by atoms with Crippen LogP contribution in [0.3, 0.4) is 0 Å². The Morgan fingerprint density at radius 2 is 2.12 bits per heavy atom. The van der Waals surface area contributed by atoms with E-state index in [1.54, 1.807) is 26.0 Å². The maximum Gasteiger partial charge on any atom is 0.225 e. The summed E-state index contributed by atoms with van der Waals surface area (Å²) in [6, 6.07) is 3.34. The van der Waals surface area contributed by atoms with Crippen LogP contribution in [-0.4, -0.2) is 23.1 Å². The van der Waals surface area contributed by atoms with E-state index < -0.39 is 5.60 Å². The highest BCUT2D eigenvalue weighted by atomic mass is 35.5. The van der Waals surface area contributed by atoms with Crippen molar-refractivity contribution in [3.63, 3.8) is 0 Å². The molecule has 0 amide bonds. The lowest BCUT2D eigenvalue weighted by Crippen LogP contribution is -2.39. The lowest BCUT2D eigenvalue weighted by molar-refractivity contribution is 0.132. The van der Waals surface area contributed by atoms with Crippen molar-refractivity contribution in [3.05, 3.63) is 23.4 Å². The highest BCUT2D eigenvalue weighted by molar-refractivity contribution is 6.30. The Labute approximate surface area is 112 Å². The van der Waals surface area contributed by atoms with Gasteiger partial charge in [0.1, 0.15) is 0 Å².